The molecule has 0 aliphatic rings. The summed E-state index contributed by atoms with van der Waals surface area (Å²) in [6.45, 7) is 9.25. The van der Waals surface area contributed by atoms with Gasteiger partial charge in [-0.2, -0.15) is 0 Å². The number of benzene rings is 2. The first-order chi connectivity index (χ1) is 42.2. The smallest absolute Gasteiger partial charge is 0.0636 e. The first-order valence-corrected chi connectivity index (χ1v) is 39.5. The quantitative estimate of drug-likeness (QED) is 0.0466. The van der Waals surface area contributed by atoms with E-state index in [0.29, 0.717) is 0 Å². The van der Waals surface area contributed by atoms with Gasteiger partial charge in [0.1, 0.15) is 0 Å². The number of rotatable bonds is 68. The molecule has 0 spiro atoms. The summed E-state index contributed by atoms with van der Waals surface area (Å²) in [6.07, 6.45) is 91.5. The highest BCUT2D eigenvalue weighted by Crippen LogP contribution is 2.25. The SMILES string of the molecule is CCCCCCCCCCCCCCCCCCCCCCCCCCCCCCc1cccc(N=C(CCCC)C(CCCCC)=Nc2cccc(CCCCCCCCCCCCCCCCCCCCCCCCCCCCCC)c2)c1. The van der Waals surface area contributed by atoms with Crippen LogP contribution >= 0.6 is 0 Å². The predicted molar refractivity (Wildman–Crippen MR) is 388 cm³/mol. The van der Waals surface area contributed by atoms with E-state index in [1.807, 2.05) is 0 Å². The summed E-state index contributed by atoms with van der Waals surface area (Å²) in [5, 5.41) is 0. The van der Waals surface area contributed by atoms with Crippen molar-refractivity contribution in [1.82, 2.24) is 0 Å². The van der Waals surface area contributed by atoms with E-state index in [0.717, 1.165) is 43.5 Å². The lowest BCUT2D eigenvalue weighted by Crippen LogP contribution is -2.14. The van der Waals surface area contributed by atoms with Crippen molar-refractivity contribution >= 4 is 22.8 Å². The van der Waals surface area contributed by atoms with Crippen LogP contribution in [0.3, 0.4) is 0 Å². The molecule has 0 saturated heterocycles. The zero-order valence-corrected chi connectivity index (χ0v) is 58.5. The zero-order valence-electron chi connectivity index (χ0n) is 58.5. The van der Waals surface area contributed by atoms with Crippen LogP contribution in [-0.4, -0.2) is 11.4 Å². The summed E-state index contributed by atoms with van der Waals surface area (Å²) in [4.78, 5) is 10.9. The van der Waals surface area contributed by atoms with Gasteiger partial charge in [-0.3, -0.25) is 9.98 Å². The van der Waals surface area contributed by atoms with Crippen molar-refractivity contribution in [3.8, 4) is 0 Å². The van der Waals surface area contributed by atoms with E-state index in [2.05, 4.69) is 76.2 Å². The maximum Gasteiger partial charge on any atom is 0.0636 e. The Morgan fingerprint density at radius 2 is 0.400 bits per heavy atom. The molecule has 0 aliphatic carbocycles. The second-order valence-electron chi connectivity index (χ2n) is 27.6. The lowest BCUT2D eigenvalue weighted by atomic mass is 10.0. The molecule has 0 bridgehead atoms. The van der Waals surface area contributed by atoms with E-state index in [4.69, 9.17) is 9.98 Å². The van der Waals surface area contributed by atoms with Crippen LogP contribution in [-0.2, 0) is 12.8 Å². The summed E-state index contributed by atoms with van der Waals surface area (Å²) < 4.78 is 0. The molecule has 492 valence electrons. The van der Waals surface area contributed by atoms with Gasteiger partial charge in [0, 0.05) is 0 Å². The molecule has 0 saturated carbocycles. The molecule has 2 aromatic rings. The second kappa shape index (κ2) is 64.8. The predicted octanol–water partition coefficient (Wildman–Crippen LogP) is 30.3. The molecule has 0 N–H and O–H groups in total. The van der Waals surface area contributed by atoms with Crippen LogP contribution in [0.5, 0.6) is 0 Å². The Morgan fingerprint density at radius 3 is 0.624 bits per heavy atom. The Labute approximate surface area is 534 Å². The summed E-state index contributed by atoms with van der Waals surface area (Å²) in [7, 11) is 0. The van der Waals surface area contributed by atoms with Crippen molar-refractivity contribution in [2.45, 2.75) is 445 Å². The van der Waals surface area contributed by atoms with Gasteiger partial charge < -0.3 is 0 Å². The van der Waals surface area contributed by atoms with Crippen LogP contribution < -0.4 is 0 Å². The number of hydrogen-bond donors (Lipinski definition) is 0. The summed E-state index contributed by atoms with van der Waals surface area (Å²) >= 11 is 0. The van der Waals surface area contributed by atoms with Crippen molar-refractivity contribution < 1.29 is 0 Å². The molecule has 2 nitrogen and oxygen atoms in total. The van der Waals surface area contributed by atoms with Gasteiger partial charge in [0.15, 0.2) is 0 Å². The molecule has 0 atom stereocenters. The Hall–Kier alpha value is -2.22. The zero-order chi connectivity index (χ0) is 60.5. The Morgan fingerprint density at radius 1 is 0.212 bits per heavy atom. The molecule has 0 aliphatic heterocycles. The number of aryl methyl sites for hydroxylation is 2. The standard InChI is InChI=1S/C83H150N2/c1-5-9-13-15-17-19-21-23-25-27-29-31-33-35-37-39-41-43-45-47-49-51-53-55-57-59-61-64-68-78-70-66-72-80(76-78)84-82(74-12-8-4)83(75-63-11-7-3)85-81-73-67-71-79(77-81)69-65-62-60-58-56-54-52-50-48-46-44-42-40-38-36-34-32-30-28-26-24-22-20-18-16-14-10-6-2/h66-67,70-73,76-77H,5-65,68-69,74-75H2,1-4H3. The number of hydrogen-bond acceptors (Lipinski definition) is 2. The fraction of sp³-hybridized carbons (Fsp3) is 0.831. The minimum absolute atomic E-state index is 1.00. The summed E-state index contributed by atoms with van der Waals surface area (Å²) in [6, 6.07) is 18.4. The minimum atomic E-state index is 1.00. The highest BCUT2D eigenvalue weighted by Gasteiger charge is 2.12. The van der Waals surface area contributed by atoms with Gasteiger partial charge in [0.25, 0.3) is 0 Å². The molecule has 85 heavy (non-hydrogen) atoms. The third kappa shape index (κ3) is 53.3. The van der Waals surface area contributed by atoms with Crippen LogP contribution in [0.1, 0.15) is 443 Å². The lowest BCUT2D eigenvalue weighted by Gasteiger charge is -2.12. The van der Waals surface area contributed by atoms with Crippen LogP contribution in [0, 0.1) is 0 Å². The van der Waals surface area contributed by atoms with Crippen LogP contribution in [0.25, 0.3) is 0 Å². The highest BCUT2D eigenvalue weighted by molar-refractivity contribution is 6.43. The van der Waals surface area contributed by atoms with Gasteiger partial charge >= 0.3 is 0 Å². The fourth-order valence-electron chi connectivity index (χ4n) is 13.3. The highest BCUT2D eigenvalue weighted by atomic mass is 14.8. The second-order valence-corrected chi connectivity index (χ2v) is 27.6. The topological polar surface area (TPSA) is 24.7 Å². The third-order valence-corrected chi connectivity index (χ3v) is 19.1. The number of aliphatic imine (C=N–C) groups is 2. The summed E-state index contributed by atoms with van der Waals surface area (Å²) in [5.74, 6) is 0. The minimum Gasteiger partial charge on any atom is -0.252 e. The maximum absolute atomic E-state index is 5.44. The Bertz CT molecular complexity index is 1700. The number of unbranched alkanes of at least 4 members (excludes halogenated alkanes) is 57. The van der Waals surface area contributed by atoms with Gasteiger partial charge in [-0.25, -0.2) is 0 Å². The van der Waals surface area contributed by atoms with E-state index in [1.54, 1.807) is 0 Å². The molecule has 0 heterocycles. The van der Waals surface area contributed by atoms with Crippen molar-refractivity contribution in [2.24, 2.45) is 9.98 Å². The monoisotopic (exact) mass is 1180 g/mol. The van der Waals surface area contributed by atoms with Crippen molar-refractivity contribution in [1.29, 1.82) is 0 Å². The van der Waals surface area contributed by atoms with Crippen LogP contribution in [0.15, 0.2) is 58.5 Å². The molecule has 2 heteroatoms. The van der Waals surface area contributed by atoms with E-state index in [9.17, 15) is 0 Å². The maximum atomic E-state index is 5.44. The van der Waals surface area contributed by atoms with Crippen molar-refractivity contribution in [3.05, 3.63) is 59.7 Å². The number of nitrogens with zero attached hydrogens (tertiary/aromatic N) is 2. The first-order valence-electron chi connectivity index (χ1n) is 39.5. The van der Waals surface area contributed by atoms with E-state index in [-0.39, 0.29) is 0 Å². The largest absolute Gasteiger partial charge is 0.252 e. The van der Waals surface area contributed by atoms with Gasteiger partial charge in [0.2, 0.25) is 0 Å². The Kier molecular flexibility index (Phi) is 60.1. The molecule has 0 amide bonds. The molecule has 0 fully saturated rings. The molecule has 0 radical (unpaired) electrons. The first kappa shape index (κ1) is 78.9. The molecular weight excluding hydrogens is 1020 g/mol. The van der Waals surface area contributed by atoms with Crippen LogP contribution in [0.2, 0.25) is 0 Å². The lowest BCUT2D eigenvalue weighted by molar-refractivity contribution is 0.514. The van der Waals surface area contributed by atoms with E-state index in [1.165, 1.54) is 408 Å². The molecule has 2 rings (SSSR count). The molecule has 0 unspecified atom stereocenters. The normalized spacial score (nSPS) is 12.1. The average molecular weight is 1180 g/mol. The van der Waals surface area contributed by atoms with Crippen molar-refractivity contribution in [3.63, 3.8) is 0 Å². The van der Waals surface area contributed by atoms with Crippen LogP contribution in [0.4, 0.5) is 11.4 Å². The van der Waals surface area contributed by atoms with Crippen molar-refractivity contribution in [2.75, 3.05) is 0 Å². The van der Waals surface area contributed by atoms with Gasteiger partial charge in [-0.1, -0.05) is 418 Å². The van der Waals surface area contributed by atoms with Gasteiger partial charge in [-0.15, -0.1) is 0 Å². The molecular formula is C83H150N2. The molecule has 0 aromatic heterocycles. The third-order valence-electron chi connectivity index (χ3n) is 19.1. The molecule has 2 aromatic carbocycles. The van der Waals surface area contributed by atoms with Gasteiger partial charge in [0.05, 0.1) is 22.8 Å². The average Bonchev–Trinajstić information content (AvgIpc) is 3.65. The van der Waals surface area contributed by atoms with Gasteiger partial charge in [-0.05, 0) is 86.8 Å². The fourth-order valence-corrected chi connectivity index (χ4v) is 13.3. The summed E-state index contributed by atoms with van der Waals surface area (Å²) in [5.41, 5.74) is 7.56. The van der Waals surface area contributed by atoms with E-state index < -0.39 is 0 Å². The van der Waals surface area contributed by atoms with E-state index >= 15 is 0 Å². The Balaban J connectivity index is 1.54.